The number of carbonyl (C=O) groups is 3. The number of fused-ring (bicyclic) bond motifs is 2. The topological polar surface area (TPSA) is 70.8 Å². The second-order valence-electron chi connectivity index (χ2n) is 6.71. The largest absolute Gasteiger partial charge is 0.451 e. The molecule has 2 atom stereocenters. The van der Waals surface area contributed by atoms with Crippen molar-refractivity contribution in [1.82, 2.24) is 9.80 Å². The first-order chi connectivity index (χ1) is 11.4. The van der Waals surface area contributed by atoms with Crippen LogP contribution in [0, 0.1) is 25.7 Å². The molecule has 0 spiro atoms. The monoisotopic (exact) mass is 326 g/mol. The van der Waals surface area contributed by atoms with Crippen molar-refractivity contribution in [2.45, 2.75) is 13.8 Å². The molecule has 0 radical (unpaired) electrons. The summed E-state index contributed by atoms with van der Waals surface area (Å²) >= 11 is 0. The Bertz CT molecular complexity index is 874. The molecule has 6 heteroatoms. The lowest BCUT2D eigenvalue weighted by Crippen LogP contribution is -2.36. The lowest BCUT2D eigenvalue weighted by Gasteiger charge is -2.17. The Hall–Kier alpha value is -2.63. The van der Waals surface area contributed by atoms with Crippen LogP contribution in [0.4, 0.5) is 0 Å². The molecule has 4 rings (SSSR count). The highest BCUT2D eigenvalue weighted by atomic mass is 16.3. The van der Waals surface area contributed by atoms with Gasteiger partial charge in [0.2, 0.25) is 11.8 Å². The van der Waals surface area contributed by atoms with Crippen LogP contribution >= 0.6 is 0 Å². The van der Waals surface area contributed by atoms with Gasteiger partial charge >= 0.3 is 0 Å². The summed E-state index contributed by atoms with van der Waals surface area (Å²) in [5, 5.41) is 0.912. The quantitative estimate of drug-likeness (QED) is 0.748. The summed E-state index contributed by atoms with van der Waals surface area (Å²) in [5.74, 6) is -1.19. The summed E-state index contributed by atoms with van der Waals surface area (Å²) in [7, 11) is 1.50. The van der Waals surface area contributed by atoms with Crippen molar-refractivity contribution in [2.75, 3.05) is 20.1 Å². The van der Waals surface area contributed by atoms with Gasteiger partial charge in [-0.15, -0.1) is 0 Å². The average Bonchev–Trinajstić information content (AvgIpc) is 3.18. The number of likely N-dealkylation sites (tertiary alicyclic amines) is 2. The molecule has 6 nitrogen and oxygen atoms in total. The first-order valence-electron chi connectivity index (χ1n) is 7.99. The van der Waals surface area contributed by atoms with E-state index in [-0.39, 0.29) is 30.8 Å². The van der Waals surface area contributed by atoms with Gasteiger partial charge in [-0.1, -0.05) is 12.1 Å². The molecule has 3 heterocycles. The van der Waals surface area contributed by atoms with Crippen LogP contribution in [0.25, 0.3) is 11.0 Å². The normalized spacial score (nSPS) is 23.5. The fourth-order valence-electron chi connectivity index (χ4n) is 3.76. The molecule has 0 bridgehead atoms. The minimum atomic E-state index is -0.418. The molecule has 0 saturated carbocycles. The van der Waals surface area contributed by atoms with Crippen LogP contribution in [0.3, 0.4) is 0 Å². The van der Waals surface area contributed by atoms with Crippen LogP contribution in [0.5, 0.6) is 0 Å². The Balaban J connectivity index is 1.65. The van der Waals surface area contributed by atoms with E-state index in [4.69, 9.17) is 4.42 Å². The lowest BCUT2D eigenvalue weighted by atomic mass is 10.00. The van der Waals surface area contributed by atoms with Crippen molar-refractivity contribution in [2.24, 2.45) is 11.8 Å². The maximum absolute atomic E-state index is 12.8. The Morgan fingerprint density at radius 3 is 2.38 bits per heavy atom. The molecule has 24 heavy (non-hydrogen) atoms. The van der Waals surface area contributed by atoms with Crippen LogP contribution in [-0.4, -0.2) is 47.7 Å². The van der Waals surface area contributed by atoms with Crippen molar-refractivity contribution >= 4 is 28.7 Å². The first kappa shape index (κ1) is 14.9. The van der Waals surface area contributed by atoms with E-state index in [0.29, 0.717) is 11.3 Å². The zero-order chi connectivity index (χ0) is 17.2. The van der Waals surface area contributed by atoms with Gasteiger partial charge < -0.3 is 9.32 Å². The number of carbonyl (C=O) groups excluding carboxylic acids is 3. The van der Waals surface area contributed by atoms with Gasteiger partial charge in [0.1, 0.15) is 5.58 Å². The molecule has 1 aromatic carbocycles. The van der Waals surface area contributed by atoms with Crippen molar-refractivity contribution in [3.63, 3.8) is 0 Å². The smallest absolute Gasteiger partial charge is 0.289 e. The zero-order valence-electron chi connectivity index (χ0n) is 13.8. The van der Waals surface area contributed by atoms with E-state index in [1.807, 2.05) is 32.0 Å². The molecule has 124 valence electrons. The number of benzene rings is 1. The highest BCUT2D eigenvalue weighted by Gasteiger charge is 2.52. The highest BCUT2D eigenvalue weighted by molar-refractivity contribution is 6.07. The van der Waals surface area contributed by atoms with Crippen molar-refractivity contribution in [3.8, 4) is 0 Å². The summed E-state index contributed by atoms with van der Waals surface area (Å²) in [6.07, 6.45) is 0. The summed E-state index contributed by atoms with van der Waals surface area (Å²) < 4.78 is 5.78. The number of furan rings is 1. The maximum atomic E-state index is 12.8. The number of rotatable bonds is 1. The number of aryl methyl sites for hydroxylation is 2. The molecular formula is C18H18N2O4. The summed E-state index contributed by atoms with van der Waals surface area (Å²) in [5.41, 5.74) is 2.54. The fraction of sp³-hybridized carbons (Fsp3) is 0.389. The Kier molecular flexibility index (Phi) is 3.07. The number of hydrogen-bond acceptors (Lipinski definition) is 4. The van der Waals surface area contributed by atoms with Crippen LogP contribution in [0.15, 0.2) is 22.6 Å². The molecule has 2 fully saturated rings. The predicted molar refractivity (Wildman–Crippen MR) is 86.3 cm³/mol. The van der Waals surface area contributed by atoms with Crippen molar-refractivity contribution in [3.05, 3.63) is 35.1 Å². The van der Waals surface area contributed by atoms with Gasteiger partial charge in [0.15, 0.2) is 5.76 Å². The average molecular weight is 326 g/mol. The van der Waals surface area contributed by atoms with Gasteiger partial charge in [0.25, 0.3) is 5.91 Å². The minimum absolute atomic E-state index is 0.197. The third-order valence-electron chi connectivity index (χ3n) is 5.19. The Labute approximate surface area is 139 Å². The van der Waals surface area contributed by atoms with Crippen LogP contribution in [-0.2, 0) is 9.59 Å². The number of nitrogens with zero attached hydrogens (tertiary/aromatic N) is 2. The number of imide groups is 1. The maximum Gasteiger partial charge on any atom is 0.289 e. The van der Waals surface area contributed by atoms with Gasteiger partial charge in [-0.2, -0.15) is 0 Å². The molecule has 3 amide bonds. The number of hydrogen-bond donors (Lipinski definition) is 0. The molecular weight excluding hydrogens is 308 g/mol. The molecule has 0 N–H and O–H groups in total. The lowest BCUT2D eigenvalue weighted by molar-refractivity contribution is -0.138. The van der Waals surface area contributed by atoms with E-state index in [1.165, 1.54) is 11.9 Å². The third kappa shape index (κ3) is 1.92. The molecule has 2 aliphatic rings. The summed E-state index contributed by atoms with van der Waals surface area (Å²) in [6.45, 7) is 4.37. The van der Waals surface area contributed by atoms with Gasteiger partial charge in [-0.05, 0) is 25.5 Å². The minimum Gasteiger partial charge on any atom is -0.451 e. The third-order valence-corrected chi connectivity index (χ3v) is 5.19. The Morgan fingerprint density at radius 2 is 1.75 bits per heavy atom. The SMILES string of the molecule is Cc1ccc2c(C)c(C(=O)N3C[C@@H]4C(=O)N(C)C(=O)[C@@H]4C3)oc2c1. The summed E-state index contributed by atoms with van der Waals surface area (Å²) in [4.78, 5) is 39.8. The second-order valence-corrected chi connectivity index (χ2v) is 6.71. The van der Waals surface area contributed by atoms with Gasteiger partial charge in [0.05, 0.1) is 11.8 Å². The predicted octanol–water partition coefficient (Wildman–Crippen LogP) is 1.74. The number of amides is 3. The zero-order valence-corrected chi connectivity index (χ0v) is 13.8. The van der Waals surface area contributed by atoms with E-state index in [0.717, 1.165) is 16.5 Å². The van der Waals surface area contributed by atoms with Crippen LogP contribution in [0.1, 0.15) is 21.7 Å². The van der Waals surface area contributed by atoms with E-state index in [2.05, 4.69) is 0 Å². The van der Waals surface area contributed by atoms with Gasteiger partial charge in [-0.25, -0.2) is 0 Å². The van der Waals surface area contributed by atoms with Crippen LogP contribution < -0.4 is 0 Å². The molecule has 0 unspecified atom stereocenters. The van der Waals surface area contributed by atoms with Crippen molar-refractivity contribution < 1.29 is 18.8 Å². The molecule has 2 saturated heterocycles. The van der Waals surface area contributed by atoms with E-state index < -0.39 is 11.8 Å². The van der Waals surface area contributed by atoms with Gasteiger partial charge in [0, 0.05) is 31.1 Å². The molecule has 2 aliphatic heterocycles. The summed E-state index contributed by atoms with van der Waals surface area (Å²) in [6, 6.07) is 5.83. The van der Waals surface area contributed by atoms with Gasteiger partial charge in [-0.3, -0.25) is 19.3 Å². The van der Waals surface area contributed by atoms with E-state index in [9.17, 15) is 14.4 Å². The van der Waals surface area contributed by atoms with Crippen LogP contribution in [0.2, 0.25) is 0 Å². The molecule has 2 aromatic rings. The van der Waals surface area contributed by atoms with E-state index in [1.54, 1.807) is 4.90 Å². The first-order valence-corrected chi connectivity index (χ1v) is 7.99. The van der Waals surface area contributed by atoms with E-state index >= 15 is 0 Å². The fourth-order valence-corrected chi connectivity index (χ4v) is 3.76. The molecule has 1 aromatic heterocycles. The standard InChI is InChI=1S/C18H18N2O4/c1-9-4-5-11-10(2)15(24-14(11)6-9)18(23)20-7-12-13(8-20)17(22)19(3)16(12)21/h4-6,12-13H,7-8H2,1-3H3/t12-,13+. The van der Waals surface area contributed by atoms with Crippen molar-refractivity contribution in [1.29, 1.82) is 0 Å². The molecule has 0 aliphatic carbocycles. The highest BCUT2D eigenvalue weighted by Crippen LogP contribution is 2.34. The Morgan fingerprint density at radius 1 is 1.12 bits per heavy atom. The second kappa shape index (κ2) is 4.93.